The smallest absolute Gasteiger partial charge is 0.321 e. The molecule has 0 radical (unpaired) electrons. The minimum Gasteiger partial charge on any atom is -0.497 e. The average molecular weight is 509 g/mol. The fourth-order valence-corrected chi connectivity index (χ4v) is 5.69. The number of hydrogen-bond donors (Lipinski definition) is 2. The van der Waals surface area contributed by atoms with Crippen LogP contribution in [-0.4, -0.2) is 68.3 Å². The summed E-state index contributed by atoms with van der Waals surface area (Å²) < 4.78 is 5.24. The Balaban J connectivity index is 1.31. The molecule has 0 bridgehead atoms. The molecule has 6 heteroatoms. The van der Waals surface area contributed by atoms with Crippen LogP contribution >= 0.6 is 0 Å². The molecule has 0 spiro atoms. The maximum Gasteiger partial charge on any atom is 0.321 e. The SMILES string of the molecule is CNC[C@H]1[C@H](c2ccc(C#Cc3ccccc3)cc2)[C@@H]2CN(C(=O)Nc3ccc(OC)cc3)CCCCN12. The largest absolute Gasteiger partial charge is 0.497 e. The number of methoxy groups -OCH3 is 1. The van der Waals surface area contributed by atoms with Crippen LogP contribution in [0.5, 0.6) is 5.75 Å². The highest BCUT2D eigenvalue weighted by Gasteiger charge is 2.49. The van der Waals surface area contributed by atoms with Crippen molar-refractivity contribution in [3.8, 4) is 17.6 Å². The van der Waals surface area contributed by atoms with Crippen molar-refractivity contribution in [3.63, 3.8) is 0 Å². The number of hydrogen-bond acceptors (Lipinski definition) is 4. The quantitative estimate of drug-likeness (QED) is 0.487. The summed E-state index contributed by atoms with van der Waals surface area (Å²) in [6.07, 6.45) is 2.09. The van der Waals surface area contributed by atoms with Gasteiger partial charge in [-0.15, -0.1) is 0 Å². The lowest BCUT2D eigenvalue weighted by molar-refractivity contribution is -0.0335. The number of fused-ring (bicyclic) bond motifs is 1. The van der Waals surface area contributed by atoms with Gasteiger partial charge in [0.15, 0.2) is 0 Å². The van der Waals surface area contributed by atoms with E-state index < -0.39 is 0 Å². The van der Waals surface area contributed by atoms with Crippen molar-refractivity contribution < 1.29 is 9.53 Å². The number of rotatable bonds is 5. The Bertz CT molecular complexity index is 1260. The first-order valence-corrected chi connectivity index (χ1v) is 13.4. The summed E-state index contributed by atoms with van der Waals surface area (Å²) in [7, 11) is 3.66. The van der Waals surface area contributed by atoms with Crippen LogP contribution in [0.4, 0.5) is 10.5 Å². The molecule has 3 aromatic rings. The van der Waals surface area contributed by atoms with Gasteiger partial charge >= 0.3 is 6.03 Å². The number of urea groups is 1. The van der Waals surface area contributed by atoms with Gasteiger partial charge in [0.25, 0.3) is 0 Å². The van der Waals surface area contributed by atoms with Gasteiger partial charge in [0.2, 0.25) is 0 Å². The molecule has 6 nitrogen and oxygen atoms in total. The average Bonchev–Trinajstić information content (AvgIpc) is 2.94. The lowest BCUT2D eigenvalue weighted by Gasteiger charge is -2.57. The van der Waals surface area contributed by atoms with Gasteiger partial charge in [0.05, 0.1) is 7.11 Å². The summed E-state index contributed by atoms with van der Waals surface area (Å²) in [4.78, 5) is 17.9. The van der Waals surface area contributed by atoms with Crippen molar-refractivity contribution in [2.45, 2.75) is 30.8 Å². The number of carbonyl (C=O) groups excluding carboxylic acids is 1. The molecule has 2 heterocycles. The highest BCUT2D eigenvalue weighted by atomic mass is 16.5. The summed E-state index contributed by atoms with van der Waals surface area (Å²) in [6.45, 7) is 3.48. The molecule has 2 N–H and O–H groups in total. The van der Waals surface area contributed by atoms with Crippen molar-refractivity contribution in [3.05, 3.63) is 95.6 Å². The first kappa shape index (κ1) is 25.8. The Morgan fingerprint density at radius 3 is 2.29 bits per heavy atom. The fraction of sp³-hybridized carbons (Fsp3) is 0.344. The molecule has 38 heavy (non-hydrogen) atoms. The van der Waals surface area contributed by atoms with Crippen LogP contribution in [0, 0.1) is 11.8 Å². The van der Waals surface area contributed by atoms with E-state index in [4.69, 9.17) is 4.74 Å². The fourth-order valence-electron chi connectivity index (χ4n) is 5.69. The topological polar surface area (TPSA) is 56.8 Å². The number of benzene rings is 3. The van der Waals surface area contributed by atoms with Crippen LogP contribution < -0.4 is 15.4 Å². The zero-order chi connectivity index (χ0) is 26.3. The molecule has 5 rings (SSSR count). The van der Waals surface area contributed by atoms with Crippen LogP contribution in [0.1, 0.15) is 35.4 Å². The van der Waals surface area contributed by atoms with Crippen LogP contribution in [0.3, 0.4) is 0 Å². The zero-order valence-electron chi connectivity index (χ0n) is 22.2. The molecule has 196 valence electrons. The number of nitrogens with one attached hydrogen (secondary N) is 2. The van der Waals surface area contributed by atoms with Gasteiger partial charge in [0.1, 0.15) is 5.75 Å². The normalized spacial score (nSPS) is 21.1. The zero-order valence-corrected chi connectivity index (χ0v) is 22.2. The molecule has 0 saturated carbocycles. The van der Waals surface area contributed by atoms with Crippen molar-refractivity contribution in [2.75, 3.05) is 45.7 Å². The molecule has 2 aliphatic heterocycles. The summed E-state index contributed by atoms with van der Waals surface area (Å²) in [5.74, 6) is 7.66. The second kappa shape index (κ2) is 12.2. The number of carbonyl (C=O) groups is 1. The highest BCUT2D eigenvalue weighted by Crippen LogP contribution is 2.42. The van der Waals surface area contributed by atoms with E-state index in [-0.39, 0.29) is 12.1 Å². The summed E-state index contributed by atoms with van der Waals surface area (Å²) in [5.41, 5.74) is 4.12. The molecule has 0 unspecified atom stereocenters. The maximum atomic E-state index is 13.3. The predicted octanol–water partition coefficient (Wildman–Crippen LogP) is 4.78. The van der Waals surface area contributed by atoms with E-state index in [1.54, 1.807) is 7.11 Å². The number of anilines is 1. The Kier molecular flexibility index (Phi) is 8.28. The molecule has 3 atom stereocenters. The van der Waals surface area contributed by atoms with E-state index in [0.29, 0.717) is 18.5 Å². The third-order valence-corrected chi connectivity index (χ3v) is 7.65. The summed E-state index contributed by atoms with van der Waals surface area (Å²) >= 11 is 0. The summed E-state index contributed by atoms with van der Waals surface area (Å²) in [6, 6.07) is 26.9. The molecule has 2 saturated heterocycles. The lowest BCUT2D eigenvalue weighted by Crippen LogP contribution is -2.69. The lowest BCUT2D eigenvalue weighted by atomic mass is 9.74. The molecule has 0 aromatic heterocycles. The highest BCUT2D eigenvalue weighted by molar-refractivity contribution is 5.89. The predicted molar refractivity (Wildman–Crippen MR) is 153 cm³/mol. The monoisotopic (exact) mass is 508 g/mol. The van der Waals surface area contributed by atoms with Gasteiger partial charge < -0.3 is 20.3 Å². The van der Waals surface area contributed by atoms with E-state index in [2.05, 4.69) is 51.6 Å². The van der Waals surface area contributed by atoms with E-state index in [1.165, 1.54) is 5.56 Å². The van der Waals surface area contributed by atoms with Gasteiger partial charge in [-0.3, -0.25) is 4.90 Å². The van der Waals surface area contributed by atoms with Crippen molar-refractivity contribution in [2.24, 2.45) is 0 Å². The van der Waals surface area contributed by atoms with Gasteiger partial charge in [-0.2, -0.15) is 0 Å². The second-order valence-corrected chi connectivity index (χ2v) is 10.0. The molecular weight excluding hydrogens is 472 g/mol. The van der Waals surface area contributed by atoms with Crippen molar-refractivity contribution in [1.82, 2.24) is 15.1 Å². The van der Waals surface area contributed by atoms with Crippen LogP contribution in [0.25, 0.3) is 0 Å². The molecular formula is C32H36N4O2. The number of likely N-dealkylation sites (N-methyl/N-ethyl adjacent to an activating group) is 1. The first-order valence-electron chi connectivity index (χ1n) is 13.4. The van der Waals surface area contributed by atoms with Crippen LogP contribution in [-0.2, 0) is 0 Å². The molecule has 3 aromatic carbocycles. The van der Waals surface area contributed by atoms with Gasteiger partial charge in [-0.1, -0.05) is 42.2 Å². The van der Waals surface area contributed by atoms with Crippen LogP contribution in [0.15, 0.2) is 78.9 Å². The molecule has 0 aliphatic carbocycles. The second-order valence-electron chi connectivity index (χ2n) is 10.0. The standard InChI is InChI=1S/C32H36N4O2/c1-33-22-29-31(26-14-12-25(13-15-26)11-10-24-8-4-3-5-9-24)30-23-35(20-6-7-21-36(29)30)32(37)34-27-16-18-28(38-2)19-17-27/h3-5,8-9,12-19,29-31,33H,6-7,20-23H2,1-2H3,(H,34,37)/t29-,30-,31-/m0/s1. The Labute approximate surface area is 226 Å². The number of nitrogens with zero attached hydrogens (tertiary/aromatic N) is 2. The minimum atomic E-state index is -0.0423. The maximum absolute atomic E-state index is 13.3. The van der Waals surface area contributed by atoms with E-state index in [0.717, 1.165) is 55.0 Å². The Morgan fingerprint density at radius 1 is 0.921 bits per heavy atom. The Hall–Kier alpha value is -3.79. The summed E-state index contributed by atoms with van der Waals surface area (Å²) in [5, 5.41) is 6.48. The van der Waals surface area contributed by atoms with Gasteiger partial charge in [-0.05, 0) is 80.5 Å². The first-order chi connectivity index (χ1) is 18.7. The molecule has 2 fully saturated rings. The number of ether oxygens (including phenoxy) is 1. The van der Waals surface area contributed by atoms with Crippen molar-refractivity contribution in [1.29, 1.82) is 0 Å². The van der Waals surface area contributed by atoms with Crippen molar-refractivity contribution >= 4 is 11.7 Å². The third kappa shape index (κ3) is 5.85. The molecule has 2 aliphatic rings. The number of amides is 2. The van der Waals surface area contributed by atoms with Gasteiger partial charge in [0, 0.05) is 54.5 Å². The molecule has 2 amide bonds. The van der Waals surface area contributed by atoms with Crippen LogP contribution in [0.2, 0.25) is 0 Å². The minimum absolute atomic E-state index is 0.0423. The van der Waals surface area contributed by atoms with E-state index in [1.807, 2.05) is 66.5 Å². The Morgan fingerprint density at radius 2 is 1.61 bits per heavy atom. The van der Waals surface area contributed by atoms with E-state index >= 15 is 0 Å². The van der Waals surface area contributed by atoms with Gasteiger partial charge in [-0.25, -0.2) is 4.79 Å². The third-order valence-electron chi connectivity index (χ3n) is 7.65. The van der Waals surface area contributed by atoms with E-state index in [9.17, 15) is 4.79 Å².